The molecule has 0 aliphatic rings. The van der Waals surface area contributed by atoms with Gasteiger partial charge in [-0.2, -0.15) is 0 Å². The van der Waals surface area contributed by atoms with Crippen molar-refractivity contribution < 1.29 is 4.74 Å². The smallest absolute Gasteiger partial charge is 0.173 e. The van der Waals surface area contributed by atoms with Crippen molar-refractivity contribution in [1.29, 1.82) is 0 Å². The summed E-state index contributed by atoms with van der Waals surface area (Å²) in [5, 5.41) is 6.17. The zero-order chi connectivity index (χ0) is 16.7. The number of nitrogens with zero attached hydrogens (tertiary/aromatic N) is 2. The number of benzene rings is 1. The van der Waals surface area contributed by atoms with Crippen LogP contribution < -0.4 is 15.0 Å². The molecule has 0 atom stereocenters. The molecule has 4 nitrogen and oxygen atoms in total. The third kappa shape index (κ3) is 5.49. The van der Waals surface area contributed by atoms with Crippen molar-refractivity contribution in [2.45, 2.75) is 6.54 Å². The van der Waals surface area contributed by atoms with Gasteiger partial charge in [-0.05, 0) is 62.0 Å². The summed E-state index contributed by atoms with van der Waals surface area (Å²) in [6, 6.07) is 12.2. The second-order valence-corrected chi connectivity index (χ2v) is 6.82. The van der Waals surface area contributed by atoms with Crippen molar-refractivity contribution in [3.05, 3.63) is 46.7 Å². The van der Waals surface area contributed by atoms with Gasteiger partial charge in [-0.1, -0.05) is 6.07 Å². The molecule has 0 unspecified atom stereocenters. The number of nitrogens with one attached hydrogen (secondary N) is 1. The summed E-state index contributed by atoms with van der Waals surface area (Å²) in [7, 11) is 5.78. The standard InChI is InChI=1S/C17H23N3OS2/c1-19(2)11-10-18-17(22)20(13-16-5-4-12-23-16)14-6-8-15(21-3)9-7-14/h4-9,12H,10-11,13H2,1-3H3,(H,18,22). The molecule has 0 spiro atoms. The first kappa shape index (κ1) is 17.7. The van der Waals surface area contributed by atoms with Crippen molar-refractivity contribution in [3.8, 4) is 5.75 Å². The monoisotopic (exact) mass is 349 g/mol. The second kappa shape index (κ2) is 8.86. The van der Waals surface area contributed by atoms with E-state index in [2.05, 4.69) is 46.7 Å². The van der Waals surface area contributed by atoms with Gasteiger partial charge in [-0.15, -0.1) is 11.3 Å². The Morgan fingerprint density at radius 1 is 1.22 bits per heavy atom. The Kier molecular flexibility index (Phi) is 6.83. The number of ether oxygens (including phenoxy) is 1. The maximum Gasteiger partial charge on any atom is 0.173 e. The fraction of sp³-hybridized carbons (Fsp3) is 0.353. The molecular formula is C17H23N3OS2. The lowest BCUT2D eigenvalue weighted by Crippen LogP contribution is -2.41. The maximum atomic E-state index is 5.61. The van der Waals surface area contributed by atoms with Crippen LogP contribution in [0.2, 0.25) is 0 Å². The number of thiocarbonyl (C=S) groups is 1. The predicted octanol–water partition coefficient (Wildman–Crippen LogP) is 3.20. The number of thiophene rings is 1. The van der Waals surface area contributed by atoms with Gasteiger partial charge in [0.05, 0.1) is 13.7 Å². The van der Waals surface area contributed by atoms with Gasteiger partial charge >= 0.3 is 0 Å². The van der Waals surface area contributed by atoms with Crippen LogP contribution in [0, 0.1) is 0 Å². The Bertz CT molecular complexity index is 597. The fourth-order valence-electron chi connectivity index (χ4n) is 2.08. The SMILES string of the molecule is COc1ccc(N(Cc2cccs2)C(=S)NCCN(C)C)cc1. The number of hydrogen-bond acceptors (Lipinski definition) is 4. The molecule has 1 aromatic carbocycles. The van der Waals surface area contributed by atoms with Gasteiger partial charge in [0.15, 0.2) is 5.11 Å². The minimum Gasteiger partial charge on any atom is -0.497 e. The first-order chi connectivity index (χ1) is 11.1. The van der Waals surface area contributed by atoms with E-state index in [-0.39, 0.29) is 0 Å². The lowest BCUT2D eigenvalue weighted by Gasteiger charge is -2.26. The summed E-state index contributed by atoms with van der Waals surface area (Å²) >= 11 is 7.35. The summed E-state index contributed by atoms with van der Waals surface area (Å²) in [5.41, 5.74) is 1.06. The zero-order valence-corrected chi connectivity index (χ0v) is 15.4. The minimum atomic E-state index is 0.741. The van der Waals surface area contributed by atoms with Crippen LogP contribution >= 0.6 is 23.6 Å². The van der Waals surface area contributed by atoms with Gasteiger partial charge in [0.1, 0.15) is 5.75 Å². The van der Waals surface area contributed by atoms with Crippen molar-refractivity contribution in [3.63, 3.8) is 0 Å². The molecule has 0 fully saturated rings. The van der Waals surface area contributed by atoms with Gasteiger partial charge < -0.3 is 19.9 Å². The summed E-state index contributed by atoms with van der Waals surface area (Å²) in [6.07, 6.45) is 0. The summed E-state index contributed by atoms with van der Waals surface area (Å²) in [6.45, 7) is 2.52. The molecular weight excluding hydrogens is 326 g/mol. The quantitative estimate of drug-likeness (QED) is 0.775. The molecule has 0 saturated carbocycles. The molecule has 2 aromatic rings. The highest BCUT2D eigenvalue weighted by molar-refractivity contribution is 7.80. The molecule has 1 heterocycles. The van der Waals surface area contributed by atoms with Crippen LogP contribution in [0.25, 0.3) is 0 Å². The van der Waals surface area contributed by atoms with E-state index in [1.165, 1.54) is 4.88 Å². The van der Waals surface area contributed by atoms with Crippen LogP contribution in [-0.2, 0) is 6.54 Å². The Hall–Kier alpha value is -1.63. The van der Waals surface area contributed by atoms with Crippen LogP contribution in [0.1, 0.15) is 4.88 Å². The van der Waals surface area contributed by atoms with Gasteiger partial charge in [0.2, 0.25) is 0 Å². The van der Waals surface area contributed by atoms with E-state index < -0.39 is 0 Å². The number of likely N-dealkylation sites (N-methyl/N-ethyl adjacent to an activating group) is 1. The Morgan fingerprint density at radius 2 is 1.96 bits per heavy atom. The van der Waals surface area contributed by atoms with Gasteiger partial charge in [0.25, 0.3) is 0 Å². The van der Waals surface area contributed by atoms with Crippen molar-refractivity contribution in [2.75, 3.05) is 39.2 Å². The molecule has 124 valence electrons. The van der Waals surface area contributed by atoms with E-state index in [1.807, 2.05) is 24.3 Å². The van der Waals surface area contributed by atoms with Crippen LogP contribution in [0.4, 0.5) is 5.69 Å². The lowest BCUT2D eigenvalue weighted by molar-refractivity contribution is 0.412. The van der Waals surface area contributed by atoms with Gasteiger partial charge in [-0.3, -0.25) is 0 Å². The van der Waals surface area contributed by atoms with Crippen LogP contribution in [0.5, 0.6) is 5.75 Å². The third-order valence-electron chi connectivity index (χ3n) is 3.36. The van der Waals surface area contributed by atoms with Crippen LogP contribution in [0.3, 0.4) is 0 Å². The van der Waals surface area contributed by atoms with Crippen LogP contribution in [-0.4, -0.2) is 44.3 Å². The largest absolute Gasteiger partial charge is 0.497 e. The highest BCUT2D eigenvalue weighted by atomic mass is 32.1. The lowest BCUT2D eigenvalue weighted by atomic mass is 10.2. The first-order valence-electron chi connectivity index (χ1n) is 7.46. The minimum absolute atomic E-state index is 0.741. The average Bonchev–Trinajstić information content (AvgIpc) is 3.05. The molecule has 2 rings (SSSR count). The van der Waals surface area contributed by atoms with E-state index in [4.69, 9.17) is 17.0 Å². The Balaban J connectivity index is 2.11. The maximum absolute atomic E-state index is 5.61. The van der Waals surface area contributed by atoms with E-state index in [9.17, 15) is 0 Å². The summed E-state index contributed by atoms with van der Waals surface area (Å²) in [4.78, 5) is 5.53. The summed E-state index contributed by atoms with van der Waals surface area (Å²) < 4.78 is 5.24. The fourth-order valence-corrected chi connectivity index (χ4v) is 3.05. The molecule has 0 radical (unpaired) electrons. The van der Waals surface area contributed by atoms with Gasteiger partial charge in [-0.25, -0.2) is 0 Å². The van der Waals surface area contributed by atoms with Crippen molar-refractivity contribution >= 4 is 34.4 Å². The number of anilines is 1. The average molecular weight is 350 g/mol. The summed E-state index contributed by atoms with van der Waals surface area (Å²) in [5.74, 6) is 0.844. The number of hydrogen-bond donors (Lipinski definition) is 1. The van der Waals surface area contributed by atoms with E-state index in [0.29, 0.717) is 0 Å². The van der Waals surface area contributed by atoms with Gasteiger partial charge in [0, 0.05) is 23.7 Å². The Labute approximate surface area is 147 Å². The van der Waals surface area contributed by atoms with Crippen molar-refractivity contribution in [1.82, 2.24) is 10.2 Å². The van der Waals surface area contributed by atoms with E-state index in [0.717, 1.165) is 36.2 Å². The number of methoxy groups -OCH3 is 1. The first-order valence-corrected chi connectivity index (χ1v) is 8.75. The molecule has 0 aliphatic carbocycles. The highest BCUT2D eigenvalue weighted by Gasteiger charge is 2.13. The highest BCUT2D eigenvalue weighted by Crippen LogP contribution is 2.22. The molecule has 23 heavy (non-hydrogen) atoms. The van der Waals surface area contributed by atoms with Crippen LogP contribution in [0.15, 0.2) is 41.8 Å². The number of rotatable bonds is 7. The van der Waals surface area contributed by atoms with Crippen molar-refractivity contribution in [2.24, 2.45) is 0 Å². The normalized spacial score (nSPS) is 10.6. The zero-order valence-electron chi connectivity index (χ0n) is 13.8. The molecule has 0 saturated heterocycles. The molecule has 0 amide bonds. The van der Waals surface area contributed by atoms with E-state index in [1.54, 1.807) is 18.4 Å². The third-order valence-corrected chi connectivity index (χ3v) is 4.58. The van der Waals surface area contributed by atoms with E-state index >= 15 is 0 Å². The second-order valence-electron chi connectivity index (χ2n) is 5.40. The molecule has 1 N–H and O–H groups in total. The molecule has 0 bridgehead atoms. The topological polar surface area (TPSA) is 27.7 Å². The predicted molar refractivity (Wildman–Crippen MR) is 103 cm³/mol. The molecule has 1 aromatic heterocycles. The molecule has 6 heteroatoms. The Morgan fingerprint density at radius 3 is 2.52 bits per heavy atom. The molecule has 0 aliphatic heterocycles.